The average molecular weight is 309 g/mol. The molecule has 0 aliphatic carbocycles. The van der Waals surface area contributed by atoms with Gasteiger partial charge in [-0.3, -0.25) is 4.79 Å². The van der Waals surface area contributed by atoms with Crippen molar-refractivity contribution >= 4 is 11.9 Å². The Balaban J connectivity index is 5.25. The second-order valence-corrected chi connectivity index (χ2v) is 4.27. The minimum absolute atomic E-state index is 0.742. The number of methoxy groups -OCH3 is 1. The van der Waals surface area contributed by atoms with Crippen molar-refractivity contribution < 1.29 is 40.7 Å². The fraction of sp³-hybridized carbons (Fsp3) is 0.800. The van der Waals surface area contributed by atoms with Gasteiger partial charge in [-0.15, -0.1) is 0 Å². The third-order valence-corrected chi connectivity index (χ3v) is 2.34. The number of hydrogen-bond acceptors (Lipinski definition) is 3. The quantitative estimate of drug-likeness (QED) is 0.639. The van der Waals surface area contributed by atoms with E-state index in [-0.39, 0.29) is 0 Å². The average Bonchev–Trinajstić information content (AvgIpc) is 2.20. The summed E-state index contributed by atoms with van der Waals surface area (Å²) in [6.45, 7) is 2.66. The summed E-state index contributed by atoms with van der Waals surface area (Å²) in [6, 6.07) is -1.60. The molecule has 0 aromatic carbocycles. The van der Waals surface area contributed by atoms with Crippen molar-refractivity contribution in [2.75, 3.05) is 7.11 Å². The molecule has 0 heterocycles. The molecule has 118 valence electrons. The van der Waals surface area contributed by atoms with Crippen LogP contribution in [0.2, 0.25) is 0 Å². The monoisotopic (exact) mass is 309 g/mol. The number of halogens is 6. The first-order valence-corrected chi connectivity index (χ1v) is 5.34. The maximum absolute atomic E-state index is 12.3. The first kappa shape index (κ1) is 18.5. The van der Waals surface area contributed by atoms with Gasteiger partial charge in [0.05, 0.1) is 7.11 Å². The lowest BCUT2D eigenvalue weighted by molar-refractivity contribution is -0.274. The lowest BCUT2D eigenvalue weighted by Crippen LogP contribution is -2.53. The molecule has 0 saturated carbocycles. The highest BCUT2D eigenvalue weighted by atomic mass is 19.4. The van der Waals surface area contributed by atoms with Gasteiger partial charge in [0.1, 0.15) is 6.04 Å². The second-order valence-electron chi connectivity index (χ2n) is 4.27. The minimum Gasteiger partial charge on any atom is -0.467 e. The smallest absolute Gasteiger partial charge is 0.409 e. The lowest BCUT2D eigenvalue weighted by Gasteiger charge is -2.26. The van der Waals surface area contributed by atoms with Gasteiger partial charge >= 0.3 is 18.3 Å². The summed E-state index contributed by atoms with van der Waals surface area (Å²) < 4.78 is 78.0. The molecule has 4 nitrogen and oxygen atoms in total. The largest absolute Gasteiger partial charge is 0.467 e. The van der Waals surface area contributed by atoms with Gasteiger partial charge in [0.2, 0.25) is 11.8 Å². The van der Waals surface area contributed by atoms with Crippen molar-refractivity contribution in [1.82, 2.24) is 5.32 Å². The number of amides is 1. The second kappa shape index (κ2) is 6.31. The van der Waals surface area contributed by atoms with E-state index in [1.807, 2.05) is 0 Å². The van der Waals surface area contributed by atoms with E-state index >= 15 is 0 Å². The van der Waals surface area contributed by atoms with E-state index < -0.39 is 42.1 Å². The van der Waals surface area contributed by atoms with Gasteiger partial charge < -0.3 is 10.1 Å². The molecule has 10 heteroatoms. The van der Waals surface area contributed by atoms with E-state index in [1.165, 1.54) is 19.2 Å². The molecule has 20 heavy (non-hydrogen) atoms. The molecular weight excluding hydrogens is 296 g/mol. The van der Waals surface area contributed by atoms with Crippen LogP contribution in [0, 0.1) is 11.8 Å². The standard InChI is InChI=1S/C10H13F6NO3/c1-4(2)5(8(19)20-3)17-7(18)6(9(11,12)13)10(14,15)16/h4-6H,1-3H3,(H,17,18). The number of rotatable bonds is 4. The highest BCUT2D eigenvalue weighted by molar-refractivity contribution is 5.86. The third-order valence-electron chi connectivity index (χ3n) is 2.34. The Morgan fingerprint density at radius 3 is 1.65 bits per heavy atom. The summed E-state index contributed by atoms with van der Waals surface area (Å²) in [4.78, 5) is 22.4. The van der Waals surface area contributed by atoms with Gasteiger partial charge in [-0.1, -0.05) is 13.8 Å². The molecule has 0 aromatic rings. The van der Waals surface area contributed by atoms with E-state index in [4.69, 9.17) is 0 Å². The van der Waals surface area contributed by atoms with Crippen LogP contribution in [0.5, 0.6) is 0 Å². The summed E-state index contributed by atoms with van der Waals surface area (Å²) >= 11 is 0. The van der Waals surface area contributed by atoms with Gasteiger partial charge in [-0.2, -0.15) is 26.3 Å². The maximum atomic E-state index is 12.3. The van der Waals surface area contributed by atoms with Gasteiger partial charge in [-0.05, 0) is 5.92 Å². The number of alkyl halides is 6. The summed E-state index contributed by atoms with van der Waals surface area (Å²) in [5.74, 6) is -8.40. The Morgan fingerprint density at radius 2 is 1.40 bits per heavy atom. The number of ether oxygens (including phenoxy) is 1. The van der Waals surface area contributed by atoms with E-state index in [1.54, 1.807) is 0 Å². The highest BCUT2D eigenvalue weighted by Gasteiger charge is 2.61. The normalized spacial score (nSPS) is 14.3. The SMILES string of the molecule is COC(=O)C(NC(=O)C(C(F)(F)F)C(F)(F)F)C(C)C. The first-order chi connectivity index (χ1) is 8.82. The summed E-state index contributed by atoms with van der Waals surface area (Å²) in [6.07, 6.45) is -11.6. The van der Waals surface area contributed by atoms with Crippen LogP contribution in [0.25, 0.3) is 0 Å². The maximum Gasteiger partial charge on any atom is 0.409 e. The predicted molar refractivity (Wildman–Crippen MR) is 54.4 cm³/mol. The van der Waals surface area contributed by atoms with Crippen LogP contribution in [0.3, 0.4) is 0 Å². The minimum atomic E-state index is -5.81. The van der Waals surface area contributed by atoms with E-state index in [0.29, 0.717) is 0 Å². The van der Waals surface area contributed by atoms with Gasteiger partial charge in [0.25, 0.3) is 0 Å². The summed E-state index contributed by atoms with van der Waals surface area (Å²) in [7, 11) is 0.898. The molecule has 0 radical (unpaired) electrons. The molecule has 0 aliphatic heterocycles. The zero-order valence-electron chi connectivity index (χ0n) is 10.7. The van der Waals surface area contributed by atoms with Crippen LogP contribution in [-0.2, 0) is 14.3 Å². The number of nitrogens with one attached hydrogen (secondary N) is 1. The third kappa shape index (κ3) is 4.89. The van der Waals surface area contributed by atoms with Crippen molar-refractivity contribution in [3.8, 4) is 0 Å². The lowest BCUT2D eigenvalue weighted by atomic mass is 10.0. The Hall–Kier alpha value is -1.48. The van der Waals surface area contributed by atoms with Gasteiger partial charge in [0.15, 0.2) is 0 Å². The van der Waals surface area contributed by atoms with E-state index in [0.717, 1.165) is 7.11 Å². The Kier molecular flexibility index (Phi) is 5.85. The Labute approximate surface area is 110 Å². The molecule has 0 rings (SSSR count). The Morgan fingerprint density at radius 1 is 1.00 bits per heavy atom. The fourth-order valence-corrected chi connectivity index (χ4v) is 1.34. The van der Waals surface area contributed by atoms with Gasteiger partial charge in [-0.25, -0.2) is 4.79 Å². The van der Waals surface area contributed by atoms with Crippen molar-refractivity contribution in [3.05, 3.63) is 0 Å². The first-order valence-electron chi connectivity index (χ1n) is 5.34. The molecular formula is C10H13F6NO3. The zero-order valence-corrected chi connectivity index (χ0v) is 10.7. The van der Waals surface area contributed by atoms with Gasteiger partial charge in [0, 0.05) is 0 Å². The van der Waals surface area contributed by atoms with Crippen LogP contribution >= 0.6 is 0 Å². The van der Waals surface area contributed by atoms with Crippen molar-refractivity contribution in [3.63, 3.8) is 0 Å². The van der Waals surface area contributed by atoms with Crippen LogP contribution in [-0.4, -0.2) is 37.4 Å². The molecule has 0 spiro atoms. The molecule has 0 aliphatic rings. The zero-order chi connectivity index (χ0) is 16.3. The number of hydrogen-bond donors (Lipinski definition) is 1. The molecule has 1 N–H and O–H groups in total. The Bertz CT molecular complexity index is 349. The molecule has 0 saturated heterocycles. The summed E-state index contributed by atoms with van der Waals surface area (Å²) in [5, 5.41) is 1.43. The van der Waals surface area contributed by atoms with Crippen LogP contribution < -0.4 is 5.32 Å². The van der Waals surface area contributed by atoms with E-state index in [9.17, 15) is 35.9 Å². The number of esters is 1. The van der Waals surface area contributed by atoms with Crippen LogP contribution in [0.15, 0.2) is 0 Å². The van der Waals surface area contributed by atoms with Crippen molar-refractivity contribution in [2.45, 2.75) is 32.2 Å². The molecule has 0 bridgehead atoms. The molecule has 1 amide bonds. The predicted octanol–water partition coefficient (Wildman–Crippen LogP) is 2.04. The molecule has 1 atom stereocenters. The van der Waals surface area contributed by atoms with Crippen molar-refractivity contribution in [2.24, 2.45) is 11.8 Å². The number of carbonyl (C=O) groups excluding carboxylic acids is 2. The topological polar surface area (TPSA) is 55.4 Å². The molecule has 0 fully saturated rings. The molecule has 0 aromatic heterocycles. The van der Waals surface area contributed by atoms with Crippen molar-refractivity contribution in [1.29, 1.82) is 0 Å². The highest BCUT2D eigenvalue weighted by Crippen LogP contribution is 2.39. The molecule has 1 unspecified atom stereocenters. The van der Waals surface area contributed by atoms with E-state index in [2.05, 4.69) is 4.74 Å². The van der Waals surface area contributed by atoms with Crippen LogP contribution in [0.1, 0.15) is 13.8 Å². The number of carbonyl (C=O) groups is 2. The van der Waals surface area contributed by atoms with Crippen LogP contribution in [0.4, 0.5) is 26.3 Å². The summed E-state index contributed by atoms with van der Waals surface area (Å²) in [5.41, 5.74) is 0. The fourth-order valence-electron chi connectivity index (χ4n) is 1.34.